The number of para-hydroxylation sites is 1. The molecule has 8 nitrogen and oxygen atoms in total. The summed E-state index contributed by atoms with van der Waals surface area (Å²) >= 11 is 2.67. The van der Waals surface area contributed by atoms with Gasteiger partial charge in [-0.05, 0) is 41.8 Å². The van der Waals surface area contributed by atoms with Gasteiger partial charge >= 0.3 is 0 Å². The second-order valence-electron chi connectivity index (χ2n) is 10.6. The Labute approximate surface area is 235 Å². The fourth-order valence-electron chi connectivity index (χ4n) is 4.49. The Morgan fingerprint density at radius 1 is 1.10 bits per heavy atom. The van der Waals surface area contributed by atoms with Gasteiger partial charge in [-0.2, -0.15) is 4.99 Å². The molecule has 2 aromatic carbocycles. The summed E-state index contributed by atoms with van der Waals surface area (Å²) < 4.78 is 9.06. The molecule has 11 heteroatoms. The Kier molecular flexibility index (Phi) is 8.03. The van der Waals surface area contributed by atoms with Crippen LogP contribution >= 0.6 is 22.7 Å². The number of anilines is 1. The first kappa shape index (κ1) is 27.3. The predicted octanol–water partition coefficient (Wildman–Crippen LogP) is 5.40. The van der Waals surface area contributed by atoms with Crippen LogP contribution in [-0.2, 0) is 24.4 Å². The molecule has 0 spiro atoms. The molecule has 5 rings (SSSR count). The molecule has 4 aromatic rings. The number of rotatable bonds is 9. The molecule has 0 bridgehead atoms. The van der Waals surface area contributed by atoms with E-state index in [1.54, 1.807) is 0 Å². The summed E-state index contributed by atoms with van der Waals surface area (Å²) in [5, 5.41) is 0.599. The number of hydrogen-bond donors (Lipinski definition) is 0. The van der Waals surface area contributed by atoms with Crippen LogP contribution in [0, 0.1) is 0 Å². The summed E-state index contributed by atoms with van der Waals surface area (Å²) in [7, 11) is -1.22. The molecule has 0 fully saturated rings. The Balaban J connectivity index is 1.46. The van der Waals surface area contributed by atoms with Gasteiger partial charge in [0, 0.05) is 33.3 Å². The van der Waals surface area contributed by atoms with Crippen molar-refractivity contribution in [2.24, 2.45) is 4.99 Å². The Hall–Kier alpha value is -3.25. The number of hydrogen-bond acceptors (Lipinski definition) is 8. The smallest absolute Gasteiger partial charge is 0.280 e. The SMILES string of the molecule is C[Si](C)(C)CCOCn1c(=NC(=O)c2cccc3c2CN(c2nc(C=O)c(C=O)s2)CC3)sc2ccccc21. The Morgan fingerprint density at radius 2 is 1.92 bits per heavy atom. The monoisotopic (exact) mass is 578 g/mol. The van der Waals surface area contributed by atoms with E-state index in [-0.39, 0.29) is 11.6 Å². The molecular formula is C28H30N4O4S2Si. The van der Waals surface area contributed by atoms with E-state index in [2.05, 4.69) is 29.6 Å². The minimum Gasteiger partial charge on any atom is -0.361 e. The number of fused-ring (bicyclic) bond motifs is 2. The Morgan fingerprint density at radius 3 is 2.67 bits per heavy atom. The Bertz CT molecular complexity index is 1590. The second-order valence-corrected chi connectivity index (χ2v) is 18.3. The number of carbonyl (C=O) groups excluding carboxylic acids is 3. The van der Waals surface area contributed by atoms with E-state index in [0.29, 0.717) is 59.4 Å². The topological polar surface area (TPSA) is 93.9 Å². The van der Waals surface area contributed by atoms with Crippen LogP contribution in [0.5, 0.6) is 0 Å². The van der Waals surface area contributed by atoms with Crippen LogP contribution < -0.4 is 9.70 Å². The third kappa shape index (κ3) is 6.01. The van der Waals surface area contributed by atoms with Gasteiger partial charge in [0.05, 0.1) is 15.1 Å². The van der Waals surface area contributed by atoms with Crippen LogP contribution in [0.3, 0.4) is 0 Å². The number of nitrogens with zero attached hydrogens (tertiary/aromatic N) is 4. The highest BCUT2D eigenvalue weighted by Crippen LogP contribution is 2.31. The molecule has 39 heavy (non-hydrogen) atoms. The summed E-state index contributed by atoms with van der Waals surface area (Å²) in [6.07, 6.45) is 1.98. The van der Waals surface area contributed by atoms with Crippen molar-refractivity contribution in [3.63, 3.8) is 0 Å². The number of aldehydes is 2. The third-order valence-corrected chi connectivity index (χ3v) is 10.5. The van der Waals surface area contributed by atoms with E-state index in [4.69, 9.17) is 4.74 Å². The van der Waals surface area contributed by atoms with Gasteiger partial charge in [0.25, 0.3) is 5.91 Å². The minimum atomic E-state index is -1.22. The van der Waals surface area contributed by atoms with Gasteiger partial charge in [0.2, 0.25) is 0 Å². The number of benzene rings is 2. The number of carbonyl (C=O) groups is 3. The standard InChI is InChI=1S/C28H30N4O4S2Si/c1-39(2,3)14-13-36-18-32-23-9-4-5-10-24(23)37-28(32)30-26(35)20-8-6-7-19-11-12-31(15-21(19)20)27-29-22(16-33)25(17-34)38-27/h4-10,16-17H,11-15,18H2,1-3H3. The predicted molar refractivity (Wildman–Crippen MR) is 158 cm³/mol. The summed E-state index contributed by atoms with van der Waals surface area (Å²) in [5.41, 5.74) is 3.67. The molecule has 0 aliphatic carbocycles. The molecule has 1 aliphatic rings. The van der Waals surface area contributed by atoms with Crippen molar-refractivity contribution in [2.45, 2.75) is 45.4 Å². The number of amides is 1. The van der Waals surface area contributed by atoms with Gasteiger partial charge < -0.3 is 9.64 Å². The first-order chi connectivity index (χ1) is 18.8. The van der Waals surface area contributed by atoms with Crippen LogP contribution in [0.25, 0.3) is 10.2 Å². The molecule has 0 atom stereocenters. The van der Waals surface area contributed by atoms with Crippen molar-refractivity contribution in [3.8, 4) is 0 Å². The van der Waals surface area contributed by atoms with E-state index >= 15 is 0 Å². The zero-order chi connectivity index (χ0) is 27.6. The fourth-order valence-corrected chi connectivity index (χ4v) is 7.14. The summed E-state index contributed by atoms with van der Waals surface area (Å²) in [4.78, 5) is 48.2. The van der Waals surface area contributed by atoms with Crippen LogP contribution in [0.1, 0.15) is 41.6 Å². The molecule has 0 saturated heterocycles. The molecule has 3 heterocycles. The van der Waals surface area contributed by atoms with Crippen molar-refractivity contribution in [3.05, 3.63) is 74.5 Å². The fraction of sp³-hybridized carbons (Fsp3) is 0.321. The molecular weight excluding hydrogens is 549 g/mol. The van der Waals surface area contributed by atoms with Crippen LogP contribution in [0.4, 0.5) is 5.13 Å². The zero-order valence-corrected chi connectivity index (χ0v) is 24.8. The van der Waals surface area contributed by atoms with Crippen molar-refractivity contribution >= 4 is 64.6 Å². The first-order valence-electron chi connectivity index (χ1n) is 12.8. The molecule has 1 amide bonds. The average molecular weight is 579 g/mol. The average Bonchev–Trinajstić information content (AvgIpc) is 3.50. The van der Waals surface area contributed by atoms with E-state index < -0.39 is 8.07 Å². The molecule has 2 aromatic heterocycles. The van der Waals surface area contributed by atoms with Gasteiger partial charge in [-0.1, -0.05) is 66.6 Å². The van der Waals surface area contributed by atoms with Crippen LogP contribution in [0.2, 0.25) is 25.7 Å². The minimum absolute atomic E-state index is 0.150. The highest BCUT2D eigenvalue weighted by Gasteiger charge is 2.25. The van der Waals surface area contributed by atoms with Crippen LogP contribution in [-0.4, -0.2) is 49.3 Å². The highest BCUT2D eigenvalue weighted by atomic mass is 32.1. The van der Waals surface area contributed by atoms with Crippen molar-refractivity contribution in [1.82, 2.24) is 9.55 Å². The third-order valence-electron chi connectivity index (χ3n) is 6.66. The lowest BCUT2D eigenvalue weighted by atomic mass is 9.95. The van der Waals surface area contributed by atoms with Gasteiger partial charge in [-0.15, -0.1) is 0 Å². The highest BCUT2D eigenvalue weighted by molar-refractivity contribution is 7.17. The van der Waals surface area contributed by atoms with E-state index in [0.717, 1.165) is 33.8 Å². The lowest BCUT2D eigenvalue weighted by Crippen LogP contribution is -2.31. The molecule has 202 valence electrons. The number of ether oxygens (including phenoxy) is 1. The van der Waals surface area contributed by atoms with E-state index in [1.165, 1.54) is 22.7 Å². The van der Waals surface area contributed by atoms with Crippen molar-refractivity contribution in [2.75, 3.05) is 18.1 Å². The lowest BCUT2D eigenvalue weighted by molar-refractivity contribution is 0.0874. The first-order valence-corrected chi connectivity index (χ1v) is 18.1. The molecule has 0 unspecified atom stereocenters. The van der Waals surface area contributed by atoms with Crippen molar-refractivity contribution in [1.29, 1.82) is 0 Å². The van der Waals surface area contributed by atoms with Crippen LogP contribution in [0.15, 0.2) is 47.5 Å². The molecule has 0 radical (unpaired) electrons. The maximum Gasteiger partial charge on any atom is 0.280 e. The number of thiazole rings is 2. The maximum atomic E-state index is 13.6. The maximum absolute atomic E-state index is 13.6. The zero-order valence-electron chi connectivity index (χ0n) is 22.2. The van der Waals surface area contributed by atoms with Gasteiger partial charge in [0.1, 0.15) is 12.4 Å². The molecule has 0 saturated carbocycles. The lowest BCUT2D eigenvalue weighted by Gasteiger charge is -2.29. The van der Waals surface area contributed by atoms with Gasteiger partial charge in [0.15, 0.2) is 22.5 Å². The number of aromatic nitrogens is 2. The van der Waals surface area contributed by atoms with Gasteiger partial charge in [-0.25, -0.2) is 4.98 Å². The summed E-state index contributed by atoms with van der Waals surface area (Å²) in [6, 6.07) is 14.8. The molecule has 1 aliphatic heterocycles. The summed E-state index contributed by atoms with van der Waals surface area (Å²) in [6.45, 7) is 9.10. The van der Waals surface area contributed by atoms with E-state index in [9.17, 15) is 14.4 Å². The van der Waals surface area contributed by atoms with Crippen molar-refractivity contribution < 1.29 is 19.1 Å². The normalized spacial score (nSPS) is 14.0. The second kappa shape index (κ2) is 11.5. The molecule has 0 N–H and O–H groups in total. The largest absolute Gasteiger partial charge is 0.361 e. The van der Waals surface area contributed by atoms with Gasteiger partial charge in [-0.3, -0.25) is 19.0 Å². The van der Waals surface area contributed by atoms with E-state index in [1.807, 2.05) is 51.9 Å². The quantitative estimate of drug-likeness (QED) is 0.150. The summed E-state index contributed by atoms with van der Waals surface area (Å²) in [5.74, 6) is -0.308.